The SMILES string of the molecule is CC(C(=O)O)S(=O)(=O)CCC(F)(F)C(F)(F)C(F)(F)F. The van der Waals surface area contributed by atoms with Gasteiger partial charge < -0.3 is 5.11 Å². The van der Waals surface area contributed by atoms with Crippen LogP contribution in [0.25, 0.3) is 0 Å². The summed E-state index contributed by atoms with van der Waals surface area (Å²) < 4.78 is 108. The molecule has 0 aromatic heterocycles. The van der Waals surface area contributed by atoms with Crippen molar-refractivity contribution in [2.45, 2.75) is 36.6 Å². The fraction of sp³-hybridized carbons (Fsp3) is 0.875. The highest BCUT2D eigenvalue weighted by Gasteiger charge is 2.72. The van der Waals surface area contributed by atoms with Crippen molar-refractivity contribution in [2.24, 2.45) is 0 Å². The van der Waals surface area contributed by atoms with Gasteiger partial charge in [0, 0.05) is 6.42 Å². The summed E-state index contributed by atoms with van der Waals surface area (Å²) >= 11 is 0. The molecule has 0 aliphatic carbocycles. The number of carboxylic acid groups (broad SMARTS) is 1. The molecule has 0 aromatic rings. The number of carbonyl (C=O) groups is 1. The van der Waals surface area contributed by atoms with E-state index < -0.39 is 51.3 Å². The predicted octanol–water partition coefficient (Wildman–Crippen LogP) is 2.10. The largest absolute Gasteiger partial charge is 0.480 e. The monoisotopic (exact) mass is 334 g/mol. The highest BCUT2D eigenvalue weighted by molar-refractivity contribution is 7.92. The zero-order valence-corrected chi connectivity index (χ0v) is 10.5. The molecule has 20 heavy (non-hydrogen) atoms. The lowest BCUT2D eigenvalue weighted by atomic mass is 10.1. The maximum atomic E-state index is 12.8. The molecule has 0 bridgehead atoms. The van der Waals surface area contributed by atoms with Gasteiger partial charge in [-0.1, -0.05) is 0 Å². The molecular weight excluding hydrogens is 325 g/mol. The van der Waals surface area contributed by atoms with E-state index in [4.69, 9.17) is 5.11 Å². The number of rotatable bonds is 6. The molecule has 0 saturated heterocycles. The first-order valence-corrected chi connectivity index (χ1v) is 6.54. The van der Waals surface area contributed by atoms with E-state index in [9.17, 15) is 43.9 Å². The van der Waals surface area contributed by atoms with Crippen LogP contribution < -0.4 is 0 Å². The minimum Gasteiger partial charge on any atom is -0.480 e. The smallest absolute Gasteiger partial charge is 0.459 e. The molecule has 4 nitrogen and oxygen atoms in total. The second-order valence-electron chi connectivity index (χ2n) is 3.87. The van der Waals surface area contributed by atoms with Crippen LogP contribution in [0.2, 0.25) is 0 Å². The first-order valence-electron chi connectivity index (χ1n) is 4.83. The van der Waals surface area contributed by atoms with Crippen molar-refractivity contribution in [1.82, 2.24) is 0 Å². The molecule has 0 aliphatic heterocycles. The van der Waals surface area contributed by atoms with Crippen LogP contribution in [0.4, 0.5) is 30.7 Å². The molecule has 12 heteroatoms. The second kappa shape index (κ2) is 5.37. The lowest BCUT2D eigenvalue weighted by Crippen LogP contribution is -2.52. The van der Waals surface area contributed by atoms with Gasteiger partial charge >= 0.3 is 24.0 Å². The number of alkyl halides is 7. The van der Waals surface area contributed by atoms with Crippen molar-refractivity contribution in [3.05, 3.63) is 0 Å². The van der Waals surface area contributed by atoms with Gasteiger partial charge in [-0.05, 0) is 6.92 Å². The molecule has 1 N–H and O–H groups in total. The summed E-state index contributed by atoms with van der Waals surface area (Å²) in [4.78, 5) is 10.3. The minimum absolute atomic E-state index is 0.581. The van der Waals surface area contributed by atoms with Crippen LogP contribution >= 0.6 is 0 Å². The number of sulfone groups is 1. The highest BCUT2D eigenvalue weighted by Crippen LogP contribution is 2.48. The topological polar surface area (TPSA) is 71.4 Å². The molecule has 0 aliphatic rings. The van der Waals surface area contributed by atoms with E-state index in [1.54, 1.807) is 0 Å². The number of halogens is 7. The Morgan fingerprint density at radius 2 is 1.50 bits per heavy atom. The number of carboxylic acids is 1. The van der Waals surface area contributed by atoms with Crippen molar-refractivity contribution in [2.75, 3.05) is 5.75 Å². The molecule has 1 atom stereocenters. The normalized spacial score (nSPS) is 16.0. The second-order valence-corrected chi connectivity index (χ2v) is 6.32. The van der Waals surface area contributed by atoms with E-state index in [1.807, 2.05) is 0 Å². The van der Waals surface area contributed by atoms with Crippen molar-refractivity contribution >= 4 is 15.8 Å². The van der Waals surface area contributed by atoms with Gasteiger partial charge in [0.15, 0.2) is 15.1 Å². The molecule has 1 unspecified atom stereocenters. The third-order valence-electron chi connectivity index (χ3n) is 2.40. The van der Waals surface area contributed by atoms with E-state index in [2.05, 4.69) is 0 Å². The molecule has 0 radical (unpaired) electrons. The molecule has 0 fully saturated rings. The molecule has 0 heterocycles. The molecule has 0 spiro atoms. The van der Waals surface area contributed by atoms with Crippen LogP contribution in [-0.4, -0.2) is 48.5 Å². The Kier molecular flexibility index (Phi) is 5.08. The molecular formula is C8H9F7O4S. The van der Waals surface area contributed by atoms with E-state index in [0.29, 0.717) is 6.92 Å². The van der Waals surface area contributed by atoms with Crippen molar-refractivity contribution < 1.29 is 49.1 Å². The van der Waals surface area contributed by atoms with E-state index in [-0.39, 0.29) is 0 Å². The first kappa shape index (κ1) is 18.9. The minimum atomic E-state index is -6.56. The van der Waals surface area contributed by atoms with Crippen LogP contribution in [0, 0.1) is 0 Å². The molecule has 0 aromatic carbocycles. The van der Waals surface area contributed by atoms with Gasteiger partial charge in [0.2, 0.25) is 0 Å². The third kappa shape index (κ3) is 3.73. The van der Waals surface area contributed by atoms with Crippen molar-refractivity contribution in [3.63, 3.8) is 0 Å². The molecule has 0 saturated carbocycles. The summed E-state index contributed by atoms with van der Waals surface area (Å²) in [5.41, 5.74) is 0. The van der Waals surface area contributed by atoms with Crippen molar-refractivity contribution in [1.29, 1.82) is 0 Å². The molecule has 0 amide bonds. The Bertz CT molecular complexity index is 468. The summed E-state index contributed by atoms with van der Waals surface area (Å²) in [5.74, 6) is -15.8. The number of aliphatic carboxylic acids is 1. The summed E-state index contributed by atoms with van der Waals surface area (Å²) in [7, 11) is -4.78. The average Bonchev–Trinajstić information content (AvgIpc) is 2.23. The van der Waals surface area contributed by atoms with Gasteiger partial charge in [0.25, 0.3) is 0 Å². The maximum Gasteiger partial charge on any atom is 0.459 e. The Labute approximate surface area is 108 Å². The van der Waals surface area contributed by atoms with Gasteiger partial charge in [-0.25, -0.2) is 8.42 Å². The van der Waals surface area contributed by atoms with Gasteiger partial charge in [0.05, 0.1) is 5.75 Å². The van der Waals surface area contributed by atoms with Gasteiger partial charge in [-0.15, -0.1) is 0 Å². The van der Waals surface area contributed by atoms with Crippen molar-refractivity contribution in [3.8, 4) is 0 Å². The summed E-state index contributed by atoms with van der Waals surface area (Å²) in [5, 5.41) is 6.14. The highest BCUT2D eigenvalue weighted by atomic mass is 32.2. The van der Waals surface area contributed by atoms with Crippen LogP contribution in [0.1, 0.15) is 13.3 Å². The fourth-order valence-corrected chi connectivity index (χ4v) is 2.17. The van der Waals surface area contributed by atoms with E-state index >= 15 is 0 Å². The summed E-state index contributed by atoms with van der Waals surface area (Å²) in [6.07, 6.45) is -8.90. The third-order valence-corrected chi connectivity index (χ3v) is 4.45. The molecule has 0 rings (SSSR count). The summed E-state index contributed by atoms with van der Waals surface area (Å²) in [6.45, 7) is 0.581. The molecule has 120 valence electrons. The number of hydrogen-bond donors (Lipinski definition) is 1. The number of hydrogen-bond acceptors (Lipinski definition) is 3. The van der Waals surface area contributed by atoms with Gasteiger partial charge in [-0.3, -0.25) is 4.79 Å². The lowest BCUT2D eigenvalue weighted by Gasteiger charge is -2.28. The first-order chi connectivity index (χ1) is 8.56. The van der Waals surface area contributed by atoms with E-state index in [0.717, 1.165) is 0 Å². The van der Waals surface area contributed by atoms with Crippen LogP contribution in [0.15, 0.2) is 0 Å². The van der Waals surface area contributed by atoms with E-state index in [1.165, 1.54) is 0 Å². The Balaban J connectivity index is 5.12. The fourth-order valence-electron chi connectivity index (χ4n) is 0.965. The summed E-state index contributed by atoms with van der Waals surface area (Å²) in [6, 6.07) is 0. The predicted molar refractivity (Wildman–Crippen MR) is 51.5 cm³/mol. The van der Waals surface area contributed by atoms with Crippen LogP contribution in [-0.2, 0) is 14.6 Å². The van der Waals surface area contributed by atoms with Gasteiger partial charge in [-0.2, -0.15) is 30.7 Å². The average molecular weight is 334 g/mol. The van der Waals surface area contributed by atoms with Crippen LogP contribution in [0.3, 0.4) is 0 Å². The Morgan fingerprint density at radius 1 is 1.10 bits per heavy atom. The zero-order chi connectivity index (χ0) is 16.6. The standard InChI is InChI=1S/C8H9F7O4S/c1-4(5(16)17)20(18,19)3-2-6(9,10)7(11,12)8(13,14)15/h4H,2-3H2,1H3,(H,16,17). The Hall–Kier alpha value is -1.07. The zero-order valence-electron chi connectivity index (χ0n) is 9.72. The quantitative estimate of drug-likeness (QED) is 0.755. The lowest BCUT2D eigenvalue weighted by molar-refractivity contribution is -0.354. The van der Waals surface area contributed by atoms with Gasteiger partial charge in [0.1, 0.15) is 0 Å². The van der Waals surface area contributed by atoms with Crippen LogP contribution in [0.5, 0.6) is 0 Å². The maximum absolute atomic E-state index is 12.8. The Morgan fingerprint density at radius 3 is 1.80 bits per heavy atom.